The highest BCUT2D eigenvalue weighted by atomic mass is 32.2. The summed E-state index contributed by atoms with van der Waals surface area (Å²) in [4.78, 5) is 16.8. The lowest BCUT2D eigenvalue weighted by molar-refractivity contribution is -0.115. The molecule has 2 aromatic heterocycles. The van der Waals surface area contributed by atoms with Crippen LogP contribution in [-0.2, 0) is 11.2 Å². The molecular weight excluding hydrogens is 342 g/mol. The van der Waals surface area contributed by atoms with Crippen LogP contribution in [0.25, 0.3) is 0 Å². The minimum atomic E-state index is -0.339. The first kappa shape index (κ1) is 17.0. The first-order valence-corrected chi connectivity index (χ1v) is 9.78. The van der Waals surface area contributed by atoms with Gasteiger partial charge in [-0.1, -0.05) is 37.4 Å². The van der Waals surface area contributed by atoms with Crippen molar-refractivity contribution >= 4 is 34.0 Å². The number of hydrogen-bond acceptors (Lipinski definition) is 6. The SMILES string of the molecule is C[C@@H](Sc1n[nH]c(CC2CCCC2)n1)C(=O)Nc1sccc1C#N. The predicted molar refractivity (Wildman–Crippen MR) is 95.0 cm³/mol. The van der Waals surface area contributed by atoms with Crippen molar-refractivity contribution in [3.8, 4) is 6.07 Å². The van der Waals surface area contributed by atoms with Gasteiger partial charge in [-0.05, 0) is 24.3 Å². The Balaban J connectivity index is 1.54. The van der Waals surface area contributed by atoms with Gasteiger partial charge in [-0.3, -0.25) is 9.89 Å². The number of thiophene rings is 1. The van der Waals surface area contributed by atoms with Crippen molar-refractivity contribution in [2.45, 2.75) is 49.4 Å². The molecule has 0 bridgehead atoms. The van der Waals surface area contributed by atoms with E-state index < -0.39 is 0 Å². The molecule has 1 atom stereocenters. The topological polar surface area (TPSA) is 94.5 Å². The number of hydrogen-bond donors (Lipinski definition) is 2. The molecule has 0 aromatic carbocycles. The van der Waals surface area contributed by atoms with Gasteiger partial charge < -0.3 is 5.32 Å². The van der Waals surface area contributed by atoms with E-state index in [-0.39, 0.29) is 11.2 Å². The molecule has 126 valence electrons. The smallest absolute Gasteiger partial charge is 0.238 e. The highest BCUT2D eigenvalue weighted by Crippen LogP contribution is 2.28. The number of aromatic amines is 1. The summed E-state index contributed by atoms with van der Waals surface area (Å²) in [5.74, 6) is 1.46. The van der Waals surface area contributed by atoms with Crippen LogP contribution < -0.4 is 5.32 Å². The summed E-state index contributed by atoms with van der Waals surface area (Å²) in [5.41, 5.74) is 0.488. The van der Waals surface area contributed by atoms with Crippen LogP contribution in [0, 0.1) is 17.2 Å². The average molecular weight is 361 g/mol. The predicted octanol–water partition coefficient (Wildman–Crippen LogP) is 3.59. The van der Waals surface area contributed by atoms with Gasteiger partial charge in [0.05, 0.1) is 10.8 Å². The minimum absolute atomic E-state index is 0.152. The normalized spacial score (nSPS) is 16.0. The standard InChI is InChI=1S/C16H19N5OS2/c1-10(14(22)19-15-12(9-17)6-7-23-15)24-16-18-13(20-21-16)8-11-4-2-3-5-11/h6-7,10-11H,2-5,8H2,1H3,(H,19,22)(H,18,20,21)/t10-/m1/s1. The van der Waals surface area contributed by atoms with Crippen molar-refractivity contribution in [1.82, 2.24) is 15.2 Å². The number of carbonyl (C=O) groups excluding carboxylic acids is 1. The van der Waals surface area contributed by atoms with Crippen LogP contribution in [-0.4, -0.2) is 26.3 Å². The van der Waals surface area contributed by atoms with Crippen molar-refractivity contribution in [2.24, 2.45) is 5.92 Å². The second-order valence-electron chi connectivity index (χ2n) is 5.94. The van der Waals surface area contributed by atoms with Crippen LogP contribution in [0.15, 0.2) is 16.6 Å². The van der Waals surface area contributed by atoms with Gasteiger partial charge in [0.2, 0.25) is 11.1 Å². The number of nitrogens with one attached hydrogen (secondary N) is 2. The summed E-state index contributed by atoms with van der Waals surface area (Å²) in [6.45, 7) is 1.81. The van der Waals surface area contributed by atoms with Gasteiger partial charge >= 0.3 is 0 Å². The van der Waals surface area contributed by atoms with E-state index >= 15 is 0 Å². The summed E-state index contributed by atoms with van der Waals surface area (Å²) in [7, 11) is 0. The molecule has 0 saturated heterocycles. The fourth-order valence-electron chi connectivity index (χ4n) is 2.83. The van der Waals surface area contributed by atoms with Crippen LogP contribution in [0.2, 0.25) is 0 Å². The third-order valence-corrected chi connectivity index (χ3v) is 5.93. The fourth-order valence-corrected chi connectivity index (χ4v) is 4.31. The lowest BCUT2D eigenvalue weighted by Crippen LogP contribution is -2.22. The Kier molecular flexibility index (Phi) is 5.53. The fraction of sp³-hybridized carbons (Fsp3) is 0.500. The maximum Gasteiger partial charge on any atom is 0.238 e. The van der Waals surface area contributed by atoms with Crippen molar-refractivity contribution in [1.29, 1.82) is 5.26 Å². The zero-order chi connectivity index (χ0) is 16.9. The van der Waals surface area contributed by atoms with Gasteiger partial charge in [0.1, 0.15) is 16.9 Å². The molecule has 1 saturated carbocycles. The number of H-pyrrole nitrogens is 1. The molecule has 1 aliphatic carbocycles. The van der Waals surface area contributed by atoms with E-state index in [1.54, 1.807) is 11.4 Å². The van der Waals surface area contributed by atoms with E-state index in [0.717, 1.165) is 12.2 Å². The van der Waals surface area contributed by atoms with E-state index in [4.69, 9.17) is 5.26 Å². The summed E-state index contributed by atoms with van der Waals surface area (Å²) >= 11 is 2.67. The van der Waals surface area contributed by atoms with Gasteiger partial charge in [0.25, 0.3) is 0 Å². The van der Waals surface area contributed by atoms with Gasteiger partial charge in [-0.25, -0.2) is 4.98 Å². The number of carbonyl (C=O) groups is 1. The summed E-state index contributed by atoms with van der Waals surface area (Å²) in [6, 6.07) is 3.76. The van der Waals surface area contributed by atoms with Crippen molar-refractivity contribution in [3.63, 3.8) is 0 Å². The van der Waals surface area contributed by atoms with Crippen molar-refractivity contribution in [3.05, 3.63) is 22.8 Å². The van der Waals surface area contributed by atoms with E-state index in [1.165, 1.54) is 48.8 Å². The van der Waals surface area contributed by atoms with Crippen molar-refractivity contribution in [2.75, 3.05) is 5.32 Å². The monoisotopic (exact) mass is 361 g/mol. The lowest BCUT2D eigenvalue weighted by atomic mass is 10.0. The highest BCUT2D eigenvalue weighted by molar-refractivity contribution is 8.00. The van der Waals surface area contributed by atoms with E-state index in [0.29, 0.717) is 21.6 Å². The second kappa shape index (κ2) is 7.81. The molecule has 2 heterocycles. The average Bonchev–Trinajstić information content (AvgIpc) is 3.30. The molecule has 3 rings (SSSR count). The maximum atomic E-state index is 12.3. The number of nitrogens with zero attached hydrogens (tertiary/aromatic N) is 3. The molecule has 0 spiro atoms. The van der Waals surface area contributed by atoms with Crippen LogP contribution >= 0.6 is 23.1 Å². The van der Waals surface area contributed by atoms with E-state index in [9.17, 15) is 4.79 Å². The Morgan fingerprint density at radius 3 is 3.12 bits per heavy atom. The van der Waals surface area contributed by atoms with E-state index in [2.05, 4.69) is 26.6 Å². The summed E-state index contributed by atoms with van der Waals surface area (Å²) < 4.78 is 0. The molecule has 2 aromatic rings. The molecular formula is C16H19N5OS2. The number of rotatable bonds is 6. The number of nitriles is 1. The maximum absolute atomic E-state index is 12.3. The van der Waals surface area contributed by atoms with Crippen LogP contribution in [0.1, 0.15) is 44.0 Å². The lowest BCUT2D eigenvalue weighted by Gasteiger charge is -2.08. The molecule has 24 heavy (non-hydrogen) atoms. The molecule has 6 nitrogen and oxygen atoms in total. The Morgan fingerprint density at radius 1 is 1.58 bits per heavy atom. The van der Waals surface area contributed by atoms with Crippen LogP contribution in [0.4, 0.5) is 5.00 Å². The van der Waals surface area contributed by atoms with Gasteiger partial charge in [0, 0.05) is 6.42 Å². The van der Waals surface area contributed by atoms with Crippen molar-refractivity contribution < 1.29 is 4.79 Å². The van der Waals surface area contributed by atoms with Crippen LogP contribution in [0.5, 0.6) is 0 Å². The Morgan fingerprint density at radius 2 is 2.38 bits per heavy atom. The Labute approximate surface area is 149 Å². The molecule has 1 fully saturated rings. The number of thioether (sulfide) groups is 1. The summed E-state index contributed by atoms with van der Waals surface area (Å²) in [5, 5.41) is 21.6. The number of amides is 1. The van der Waals surface area contributed by atoms with Crippen LogP contribution in [0.3, 0.4) is 0 Å². The zero-order valence-electron chi connectivity index (χ0n) is 13.4. The third-order valence-electron chi connectivity index (χ3n) is 4.14. The molecule has 1 aliphatic rings. The molecule has 0 radical (unpaired) electrons. The third kappa shape index (κ3) is 4.16. The van der Waals surface area contributed by atoms with E-state index in [1.807, 2.05) is 6.92 Å². The van der Waals surface area contributed by atoms with Gasteiger partial charge in [0.15, 0.2) is 0 Å². The molecule has 8 heteroatoms. The molecule has 0 aliphatic heterocycles. The first-order valence-electron chi connectivity index (χ1n) is 8.02. The Hall–Kier alpha value is -1.85. The minimum Gasteiger partial charge on any atom is -0.316 e. The second-order valence-corrected chi connectivity index (χ2v) is 8.17. The zero-order valence-corrected chi connectivity index (χ0v) is 15.0. The summed E-state index contributed by atoms with van der Waals surface area (Å²) in [6.07, 6.45) is 6.10. The molecule has 1 amide bonds. The Bertz CT molecular complexity index is 742. The largest absolute Gasteiger partial charge is 0.316 e. The highest BCUT2D eigenvalue weighted by Gasteiger charge is 2.21. The molecule has 0 unspecified atom stereocenters. The van der Waals surface area contributed by atoms with Gasteiger partial charge in [-0.15, -0.1) is 16.4 Å². The quantitative estimate of drug-likeness (QED) is 0.767. The first-order chi connectivity index (χ1) is 11.7. The number of anilines is 1. The van der Waals surface area contributed by atoms with Gasteiger partial charge in [-0.2, -0.15) is 5.26 Å². The number of aromatic nitrogens is 3. The molecule has 2 N–H and O–H groups in total.